The first-order chi connectivity index (χ1) is 17.9. The lowest BCUT2D eigenvalue weighted by atomic mass is 10.0. The van der Waals surface area contributed by atoms with Gasteiger partial charge in [-0.25, -0.2) is 0 Å². The Hall–Kier alpha value is -3.35. The average Bonchev–Trinajstić information content (AvgIpc) is 3.63. The molecule has 206 valence electrons. The summed E-state index contributed by atoms with van der Waals surface area (Å²) in [6.45, 7) is 1.87. The van der Waals surface area contributed by atoms with Crippen molar-refractivity contribution in [1.29, 1.82) is 0 Å². The van der Waals surface area contributed by atoms with Gasteiger partial charge in [0.2, 0.25) is 6.10 Å². The molecule has 1 aliphatic carbocycles. The lowest BCUT2D eigenvalue weighted by Gasteiger charge is -2.21. The van der Waals surface area contributed by atoms with Gasteiger partial charge in [0.25, 0.3) is 0 Å². The molecule has 2 aromatic carbocycles. The van der Waals surface area contributed by atoms with Gasteiger partial charge in [-0.15, -0.1) is 42.6 Å². The van der Waals surface area contributed by atoms with E-state index in [0.717, 1.165) is 56.9 Å². The molecule has 2 heterocycles. The van der Waals surface area contributed by atoms with Crippen molar-refractivity contribution in [2.75, 3.05) is 53.4 Å². The van der Waals surface area contributed by atoms with Gasteiger partial charge in [0.15, 0.2) is 11.5 Å². The minimum Gasteiger partial charge on any atom is -0.493 e. The summed E-state index contributed by atoms with van der Waals surface area (Å²) in [7, 11) is 9.54. The molecular formula is C29H32Cl2N4O3S. The Kier molecular flexibility index (Phi) is 9.81. The van der Waals surface area contributed by atoms with Gasteiger partial charge in [0.05, 0.1) is 24.8 Å². The van der Waals surface area contributed by atoms with Crippen LogP contribution in [0.25, 0.3) is 22.2 Å². The Morgan fingerprint density at radius 1 is 1.00 bits per heavy atom. The van der Waals surface area contributed by atoms with Crippen LogP contribution in [0, 0.1) is 12.3 Å². The SMILES string of the molecule is C#CC(ON=C1c2cc(OC)c(OC)cc2-c2[nH]c3ccc(N(C)CCN(C)C)cc3c21)c1cccs1.Cl.Cl. The third-order valence-electron chi connectivity index (χ3n) is 6.59. The van der Waals surface area contributed by atoms with Crippen LogP contribution in [0.4, 0.5) is 5.69 Å². The van der Waals surface area contributed by atoms with E-state index in [4.69, 9.17) is 20.7 Å². The van der Waals surface area contributed by atoms with E-state index in [-0.39, 0.29) is 24.8 Å². The monoisotopic (exact) mass is 586 g/mol. The Morgan fingerprint density at radius 2 is 1.72 bits per heavy atom. The molecule has 1 unspecified atom stereocenters. The average molecular weight is 588 g/mol. The number of anilines is 1. The van der Waals surface area contributed by atoms with E-state index in [1.807, 2.05) is 29.6 Å². The second-order valence-electron chi connectivity index (χ2n) is 9.19. The number of H-pyrrole nitrogens is 1. The quantitative estimate of drug-likeness (QED) is 0.164. The Bertz CT molecular complexity index is 1510. The highest BCUT2D eigenvalue weighted by atomic mass is 35.5. The molecule has 0 amide bonds. The predicted octanol–water partition coefficient (Wildman–Crippen LogP) is 6.21. The van der Waals surface area contributed by atoms with Crippen LogP contribution in [0.1, 0.15) is 22.1 Å². The number of hydrogen-bond donors (Lipinski definition) is 1. The summed E-state index contributed by atoms with van der Waals surface area (Å²) in [5.74, 6) is 3.99. The van der Waals surface area contributed by atoms with Gasteiger partial charge in [-0.3, -0.25) is 0 Å². The van der Waals surface area contributed by atoms with Crippen molar-refractivity contribution in [2.24, 2.45) is 5.16 Å². The van der Waals surface area contributed by atoms with Crippen LogP contribution < -0.4 is 14.4 Å². The number of fused-ring (bicyclic) bond motifs is 5. The first kappa shape index (κ1) is 30.2. The molecule has 0 fully saturated rings. The zero-order valence-electron chi connectivity index (χ0n) is 22.5. The second kappa shape index (κ2) is 12.7. The number of hydrogen-bond acceptors (Lipinski definition) is 7. The summed E-state index contributed by atoms with van der Waals surface area (Å²) in [5.41, 5.74) is 6.68. The Labute approximate surface area is 245 Å². The molecule has 0 saturated heterocycles. The Balaban J connectivity index is 0.00000210. The van der Waals surface area contributed by atoms with E-state index < -0.39 is 6.10 Å². The van der Waals surface area contributed by atoms with E-state index in [0.29, 0.717) is 17.2 Å². The van der Waals surface area contributed by atoms with Gasteiger partial charge < -0.3 is 29.1 Å². The summed E-state index contributed by atoms with van der Waals surface area (Å²) in [5, 5.41) is 7.70. The zero-order valence-corrected chi connectivity index (χ0v) is 24.9. The molecule has 1 N–H and O–H groups in total. The van der Waals surface area contributed by atoms with Crippen molar-refractivity contribution in [1.82, 2.24) is 9.88 Å². The number of halogens is 2. The number of terminal acetylenes is 1. The summed E-state index contributed by atoms with van der Waals surface area (Å²) in [6.07, 6.45) is 5.23. The van der Waals surface area contributed by atoms with Gasteiger partial charge in [0, 0.05) is 53.4 Å². The molecule has 0 spiro atoms. The Morgan fingerprint density at radius 3 is 2.33 bits per heavy atom. The fourth-order valence-corrected chi connectivity index (χ4v) is 5.27. The fourth-order valence-electron chi connectivity index (χ4n) is 4.57. The first-order valence-corrected chi connectivity index (χ1v) is 12.8. The van der Waals surface area contributed by atoms with E-state index in [1.54, 1.807) is 25.6 Å². The summed E-state index contributed by atoms with van der Waals surface area (Å²) in [6, 6.07) is 14.3. The molecule has 4 aromatic rings. The molecule has 0 radical (unpaired) electrons. The predicted molar refractivity (Wildman–Crippen MR) is 166 cm³/mol. The molecule has 1 atom stereocenters. The topological polar surface area (TPSA) is 62.3 Å². The van der Waals surface area contributed by atoms with Crippen LogP contribution in [-0.4, -0.2) is 64.0 Å². The van der Waals surface area contributed by atoms with Gasteiger partial charge >= 0.3 is 0 Å². The molecule has 0 aliphatic heterocycles. The number of thiophene rings is 1. The van der Waals surface area contributed by atoms with E-state index in [1.165, 1.54) is 0 Å². The molecular weight excluding hydrogens is 555 g/mol. The number of methoxy groups -OCH3 is 2. The molecule has 2 aromatic heterocycles. The number of ether oxygens (including phenoxy) is 2. The molecule has 0 saturated carbocycles. The van der Waals surface area contributed by atoms with Gasteiger partial charge in [-0.2, -0.15) is 0 Å². The van der Waals surface area contributed by atoms with Gasteiger partial charge in [-0.1, -0.05) is 17.1 Å². The number of nitrogens with one attached hydrogen (secondary N) is 1. The maximum atomic E-state index is 5.98. The summed E-state index contributed by atoms with van der Waals surface area (Å²) >= 11 is 1.55. The smallest absolute Gasteiger partial charge is 0.221 e. The number of benzene rings is 2. The van der Waals surface area contributed by atoms with Crippen LogP contribution in [0.2, 0.25) is 0 Å². The molecule has 5 rings (SSSR count). The highest BCUT2D eigenvalue weighted by Gasteiger charge is 2.32. The molecule has 10 heteroatoms. The third-order valence-corrected chi connectivity index (χ3v) is 7.51. The number of likely N-dealkylation sites (N-methyl/N-ethyl adjacent to an activating group) is 2. The molecule has 7 nitrogen and oxygen atoms in total. The fraction of sp³-hybridized carbons (Fsp3) is 0.276. The minimum absolute atomic E-state index is 0. The number of oxime groups is 1. The molecule has 1 aliphatic rings. The largest absolute Gasteiger partial charge is 0.493 e. The number of aromatic amines is 1. The van der Waals surface area contributed by atoms with Gasteiger partial charge in [0.1, 0.15) is 5.71 Å². The minimum atomic E-state index is -0.571. The zero-order chi connectivity index (χ0) is 26.1. The maximum Gasteiger partial charge on any atom is 0.221 e. The normalized spacial score (nSPS) is 13.2. The summed E-state index contributed by atoms with van der Waals surface area (Å²) < 4.78 is 11.2. The van der Waals surface area contributed by atoms with Crippen molar-refractivity contribution in [3.8, 4) is 35.1 Å². The van der Waals surface area contributed by atoms with Crippen molar-refractivity contribution < 1.29 is 14.3 Å². The van der Waals surface area contributed by atoms with Crippen LogP contribution in [0.15, 0.2) is 53.0 Å². The highest BCUT2D eigenvalue weighted by Crippen LogP contribution is 2.46. The van der Waals surface area contributed by atoms with Crippen LogP contribution in [0.5, 0.6) is 11.5 Å². The van der Waals surface area contributed by atoms with Crippen molar-refractivity contribution in [3.63, 3.8) is 0 Å². The first-order valence-electron chi connectivity index (χ1n) is 12.0. The standard InChI is InChI=1S/C29H30N4O3S.2ClH/c1-7-23(26-9-8-14-37-26)36-31-29-20-17-25(35-6)24(34-5)16-19(20)28-27(29)21-15-18(10-11-22(21)30-28)33(4)13-12-32(2)3;;/h1,8-11,14-17,23,30H,12-13H2,2-6H3;2*1H. The molecule has 39 heavy (non-hydrogen) atoms. The van der Waals surface area contributed by atoms with Crippen molar-refractivity contribution in [3.05, 3.63) is 63.8 Å². The van der Waals surface area contributed by atoms with Gasteiger partial charge in [-0.05, 0) is 55.9 Å². The lowest BCUT2D eigenvalue weighted by molar-refractivity contribution is 0.103. The van der Waals surface area contributed by atoms with Crippen molar-refractivity contribution >= 4 is 58.5 Å². The van der Waals surface area contributed by atoms with Crippen molar-refractivity contribution in [2.45, 2.75) is 6.10 Å². The summed E-state index contributed by atoms with van der Waals surface area (Å²) in [4.78, 5) is 14.9. The number of nitrogens with zero attached hydrogens (tertiary/aromatic N) is 3. The van der Waals surface area contributed by atoms with Crippen LogP contribution in [-0.2, 0) is 4.84 Å². The number of aromatic nitrogens is 1. The van der Waals surface area contributed by atoms with Crippen LogP contribution >= 0.6 is 36.2 Å². The maximum absolute atomic E-state index is 5.98. The third kappa shape index (κ3) is 5.68. The van der Waals surface area contributed by atoms with E-state index in [2.05, 4.69) is 65.2 Å². The van der Waals surface area contributed by atoms with Crippen LogP contribution in [0.3, 0.4) is 0 Å². The van der Waals surface area contributed by atoms with E-state index >= 15 is 0 Å². The molecule has 0 bridgehead atoms. The van der Waals surface area contributed by atoms with E-state index in [9.17, 15) is 0 Å². The number of rotatable bonds is 9. The highest BCUT2D eigenvalue weighted by molar-refractivity contribution is 7.10. The second-order valence-corrected chi connectivity index (χ2v) is 10.2. The lowest BCUT2D eigenvalue weighted by Crippen LogP contribution is -2.28.